The maximum absolute atomic E-state index is 9.37. The third-order valence-corrected chi connectivity index (χ3v) is 3.91. The molecule has 1 unspecified atom stereocenters. The van der Waals surface area contributed by atoms with Crippen molar-refractivity contribution in [1.29, 1.82) is 0 Å². The van der Waals surface area contributed by atoms with Gasteiger partial charge in [-0.2, -0.15) is 0 Å². The average molecular weight is 261 g/mol. The van der Waals surface area contributed by atoms with Crippen molar-refractivity contribution in [1.82, 2.24) is 0 Å². The molecule has 0 fully saturated rings. The maximum atomic E-state index is 9.37. The van der Waals surface area contributed by atoms with E-state index < -0.39 is 0 Å². The van der Waals surface area contributed by atoms with Gasteiger partial charge in [0.25, 0.3) is 0 Å². The minimum Gasteiger partial charge on any atom is -0.392 e. The van der Waals surface area contributed by atoms with Crippen LogP contribution in [0, 0.1) is 0 Å². The molecule has 1 rings (SSSR count). The van der Waals surface area contributed by atoms with Crippen molar-refractivity contribution in [3.8, 4) is 0 Å². The lowest BCUT2D eigenvalue weighted by Crippen LogP contribution is -2.07. The standard InChI is InChI=1S/C10H13BrOS/c1-2-8(12)7-13-10-6-4-3-5-9(10)11/h3-6,8,12H,2,7H2,1H3. The third-order valence-electron chi connectivity index (χ3n) is 1.74. The predicted molar refractivity (Wildman–Crippen MR) is 61.2 cm³/mol. The smallest absolute Gasteiger partial charge is 0.0631 e. The van der Waals surface area contributed by atoms with Gasteiger partial charge in [-0.05, 0) is 34.5 Å². The van der Waals surface area contributed by atoms with Crippen LogP contribution >= 0.6 is 27.7 Å². The van der Waals surface area contributed by atoms with Crippen molar-refractivity contribution in [2.75, 3.05) is 5.75 Å². The summed E-state index contributed by atoms with van der Waals surface area (Å²) < 4.78 is 1.10. The zero-order valence-electron chi connectivity index (χ0n) is 7.53. The van der Waals surface area contributed by atoms with E-state index in [1.54, 1.807) is 11.8 Å². The second-order valence-electron chi connectivity index (χ2n) is 2.80. The summed E-state index contributed by atoms with van der Waals surface area (Å²) in [5.41, 5.74) is 0. The van der Waals surface area contributed by atoms with E-state index in [-0.39, 0.29) is 6.10 Å². The molecule has 0 aliphatic rings. The van der Waals surface area contributed by atoms with Gasteiger partial charge in [-0.25, -0.2) is 0 Å². The lowest BCUT2D eigenvalue weighted by atomic mass is 10.3. The molecule has 1 aromatic rings. The van der Waals surface area contributed by atoms with Crippen LogP contribution in [0.2, 0.25) is 0 Å². The van der Waals surface area contributed by atoms with Gasteiger partial charge in [-0.1, -0.05) is 19.1 Å². The Balaban J connectivity index is 2.50. The average Bonchev–Trinajstić information content (AvgIpc) is 2.16. The van der Waals surface area contributed by atoms with Crippen LogP contribution in [0.15, 0.2) is 33.6 Å². The normalized spacial score (nSPS) is 12.8. The van der Waals surface area contributed by atoms with Gasteiger partial charge >= 0.3 is 0 Å². The number of hydrogen-bond acceptors (Lipinski definition) is 2. The number of aliphatic hydroxyl groups is 1. The lowest BCUT2D eigenvalue weighted by molar-refractivity contribution is 0.195. The van der Waals surface area contributed by atoms with Crippen LogP contribution in [0.4, 0.5) is 0 Å². The van der Waals surface area contributed by atoms with Gasteiger partial charge in [0.05, 0.1) is 6.10 Å². The summed E-state index contributed by atoms with van der Waals surface area (Å²) in [5, 5.41) is 9.37. The van der Waals surface area contributed by atoms with Gasteiger partial charge in [-0.15, -0.1) is 11.8 Å². The molecular formula is C10H13BrOS. The van der Waals surface area contributed by atoms with E-state index >= 15 is 0 Å². The van der Waals surface area contributed by atoms with Crippen LogP contribution in [0.5, 0.6) is 0 Å². The van der Waals surface area contributed by atoms with Crippen LogP contribution in [-0.4, -0.2) is 17.0 Å². The van der Waals surface area contributed by atoms with Crippen LogP contribution in [0.25, 0.3) is 0 Å². The van der Waals surface area contributed by atoms with Crippen molar-refractivity contribution >= 4 is 27.7 Å². The van der Waals surface area contributed by atoms with Gasteiger partial charge in [0.1, 0.15) is 0 Å². The Hall–Kier alpha value is 0.01000. The molecule has 1 aromatic carbocycles. The number of aliphatic hydroxyl groups excluding tert-OH is 1. The van der Waals surface area contributed by atoms with Crippen molar-refractivity contribution in [3.63, 3.8) is 0 Å². The number of thioether (sulfide) groups is 1. The van der Waals surface area contributed by atoms with Gasteiger partial charge < -0.3 is 5.11 Å². The first kappa shape index (κ1) is 11.1. The van der Waals surface area contributed by atoms with Crippen molar-refractivity contribution < 1.29 is 5.11 Å². The summed E-state index contributed by atoms with van der Waals surface area (Å²) in [5.74, 6) is 0.763. The van der Waals surface area contributed by atoms with E-state index in [1.165, 1.54) is 4.90 Å². The molecule has 0 heterocycles. The van der Waals surface area contributed by atoms with Crippen LogP contribution in [-0.2, 0) is 0 Å². The van der Waals surface area contributed by atoms with Gasteiger partial charge in [-0.3, -0.25) is 0 Å². The minimum absolute atomic E-state index is 0.197. The summed E-state index contributed by atoms with van der Waals surface area (Å²) >= 11 is 5.15. The van der Waals surface area contributed by atoms with E-state index in [9.17, 15) is 5.11 Å². The number of halogens is 1. The summed E-state index contributed by atoms with van der Waals surface area (Å²) in [4.78, 5) is 1.19. The Morgan fingerprint density at radius 1 is 1.46 bits per heavy atom. The zero-order valence-corrected chi connectivity index (χ0v) is 9.94. The van der Waals surface area contributed by atoms with Gasteiger partial charge in [0.2, 0.25) is 0 Å². The highest BCUT2D eigenvalue weighted by atomic mass is 79.9. The highest BCUT2D eigenvalue weighted by molar-refractivity contribution is 9.10. The fraction of sp³-hybridized carbons (Fsp3) is 0.400. The first-order valence-corrected chi connectivity index (χ1v) is 6.07. The molecule has 1 N–H and O–H groups in total. The van der Waals surface area contributed by atoms with Crippen LogP contribution < -0.4 is 0 Å². The van der Waals surface area contributed by atoms with E-state index in [0.717, 1.165) is 16.6 Å². The van der Waals surface area contributed by atoms with Gasteiger partial charge in [0, 0.05) is 15.1 Å². The maximum Gasteiger partial charge on any atom is 0.0631 e. The molecule has 0 saturated carbocycles. The zero-order chi connectivity index (χ0) is 9.68. The molecule has 72 valence electrons. The summed E-state index contributed by atoms with van der Waals surface area (Å²) in [6.45, 7) is 1.99. The molecule has 1 atom stereocenters. The second-order valence-corrected chi connectivity index (χ2v) is 4.72. The molecule has 0 radical (unpaired) electrons. The Kier molecular flexibility index (Phi) is 4.84. The number of hydrogen-bond donors (Lipinski definition) is 1. The summed E-state index contributed by atoms with van der Waals surface area (Å²) in [6, 6.07) is 8.06. The Morgan fingerprint density at radius 3 is 2.77 bits per heavy atom. The highest BCUT2D eigenvalue weighted by Gasteiger charge is 2.03. The molecule has 0 aliphatic carbocycles. The Bertz CT molecular complexity index is 265. The van der Waals surface area contributed by atoms with Crippen LogP contribution in [0.3, 0.4) is 0 Å². The molecule has 0 bridgehead atoms. The molecule has 13 heavy (non-hydrogen) atoms. The SMILES string of the molecule is CCC(O)CSc1ccccc1Br. The van der Waals surface area contributed by atoms with E-state index in [0.29, 0.717) is 0 Å². The first-order chi connectivity index (χ1) is 6.24. The van der Waals surface area contributed by atoms with E-state index in [1.807, 2.05) is 25.1 Å². The number of benzene rings is 1. The quantitative estimate of drug-likeness (QED) is 0.839. The summed E-state index contributed by atoms with van der Waals surface area (Å²) in [6.07, 6.45) is 0.620. The minimum atomic E-state index is -0.197. The molecule has 0 saturated heterocycles. The second kappa shape index (κ2) is 5.68. The molecule has 0 spiro atoms. The Morgan fingerprint density at radius 2 is 2.15 bits per heavy atom. The molecule has 1 nitrogen and oxygen atoms in total. The monoisotopic (exact) mass is 260 g/mol. The molecule has 0 aliphatic heterocycles. The lowest BCUT2D eigenvalue weighted by Gasteiger charge is -2.07. The topological polar surface area (TPSA) is 20.2 Å². The molecular weight excluding hydrogens is 248 g/mol. The predicted octanol–water partition coefficient (Wildman–Crippen LogP) is 3.31. The van der Waals surface area contributed by atoms with Crippen molar-refractivity contribution in [2.24, 2.45) is 0 Å². The van der Waals surface area contributed by atoms with Crippen molar-refractivity contribution in [2.45, 2.75) is 24.3 Å². The van der Waals surface area contributed by atoms with Crippen LogP contribution in [0.1, 0.15) is 13.3 Å². The largest absolute Gasteiger partial charge is 0.392 e. The fourth-order valence-electron chi connectivity index (χ4n) is 0.866. The number of rotatable bonds is 4. The highest BCUT2D eigenvalue weighted by Crippen LogP contribution is 2.27. The molecule has 0 aromatic heterocycles. The molecule has 3 heteroatoms. The summed E-state index contributed by atoms with van der Waals surface area (Å²) in [7, 11) is 0. The third kappa shape index (κ3) is 3.71. The Labute approximate surface area is 91.7 Å². The van der Waals surface area contributed by atoms with Gasteiger partial charge in [0.15, 0.2) is 0 Å². The first-order valence-electron chi connectivity index (χ1n) is 4.29. The fourth-order valence-corrected chi connectivity index (χ4v) is 2.48. The van der Waals surface area contributed by atoms with E-state index in [4.69, 9.17) is 0 Å². The van der Waals surface area contributed by atoms with E-state index in [2.05, 4.69) is 22.0 Å². The van der Waals surface area contributed by atoms with Crippen molar-refractivity contribution in [3.05, 3.63) is 28.7 Å². The molecule has 0 amide bonds.